The summed E-state index contributed by atoms with van der Waals surface area (Å²) >= 11 is 0. The van der Waals surface area contributed by atoms with Crippen molar-refractivity contribution in [2.45, 2.75) is 19.8 Å². The first kappa shape index (κ1) is 13.8. The molecule has 1 fully saturated rings. The van der Waals surface area contributed by atoms with E-state index in [1.54, 1.807) is 6.92 Å². The number of hydrogen-bond donors (Lipinski definition) is 2. The van der Waals surface area contributed by atoms with Crippen molar-refractivity contribution in [3.63, 3.8) is 0 Å². The Morgan fingerprint density at radius 1 is 1.29 bits per heavy atom. The summed E-state index contributed by atoms with van der Waals surface area (Å²) in [5.74, 6) is 0.0470. The zero-order valence-corrected chi connectivity index (χ0v) is 10.2. The van der Waals surface area contributed by atoms with Crippen molar-refractivity contribution in [3.8, 4) is 0 Å². The molecule has 0 aliphatic carbocycles. The first-order valence-electron chi connectivity index (χ1n) is 5.97. The quantitative estimate of drug-likeness (QED) is 0.681. The molecule has 2 N–H and O–H groups in total. The van der Waals surface area contributed by atoms with E-state index in [4.69, 9.17) is 4.74 Å². The van der Waals surface area contributed by atoms with Crippen LogP contribution in [0.3, 0.4) is 0 Å². The second-order valence-corrected chi connectivity index (χ2v) is 3.92. The van der Waals surface area contributed by atoms with E-state index >= 15 is 0 Å². The van der Waals surface area contributed by atoms with Crippen LogP contribution in [0.1, 0.15) is 19.8 Å². The van der Waals surface area contributed by atoms with E-state index < -0.39 is 5.97 Å². The van der Waals surface area contributed by atoms with Crippen molar-refractivity contribution < 1.29 is 19.1 Å². The Morgan fingerprint density at radius 3 is 2.65 bits per heavy atom. The Morgan fingerprint density at radius 2 is 2.00 bits per heavy atom. The minimum absolute atomic E-state index is 0.0898. The maximum atomic E-state index is 11.3. The summed E-state index contributed by atoms with van der Waals surface area (Å²) in [5, 5.41) is 5.19. The molecule has 0 bridgehead atoms. The lowest BCUT2D eigenvalue weighted by Crippen LogP contribution is -2.41. The van der Waals surface area contributed by atoms with Crippen LogP contribution in [0, 0.1) is 5.92 Å². The topological polar surface area (TPSA) is 76.7 Å². The largest absolute Gasteiger partial charge is 0.465 e. The SMILES string of the molecule is CCOC(=O)CNC(=O)NCC1CCOCC1. The molecule has 0 radical (unpaired) electrons. The smallest absolute Gasteiger partial charge is 0.325 e. The van der Waals surface area contributed by atoms with E-state index in [0.29, 0.717) is 19.1 Å². The second kappa shape index (κ2) is 7.89. The van der Waals surface area contributed by atoms with E-state index in [0.717, 1.165) is 26.1 Å². The molecular weight excluding hydrogens is 224 g/mol. The maximum Gasteiger partial charge on any atom is 0.325 e. The number of rotatable bonds is 5. The molecule has 98 valence electrons. The van der Waals surface area contributed by atoms with Gasteiger partial charge in [-0.2, -0.15) is 0 Å². The molecule has 0 atom stereocenters. The molecule has 2 amide bonds. The van der Waals surface area contributed by atoms with Crippen molar-refractivity contribution in [2.24, 2.45) is 5.92 Å². The standard InChI is InChI=1S/C11H20N2O4/c1-2-17-10(14)8-13-11(15)12-7-9-3-5-16-6-4-9/h9H,2-8H2,1H3,(H2,12,13,15). The Hall–Kier alpha value is -1.30. The zero-order chi connectivity index (χ0) is 12.5. The van der Waals surface area contributed by atoms with Crippen LogP contribution in [-0.4, -0.2) is 44.9 Å². The Labute approximate surface area is 101 Å². The van der Waals surface area contributed by atoms with Crippen LogP contribution in [0.5, 0.6) is 0 Å². The molecule has 1 aliphatic heterocycles. The summed E-state index contributed by atoms with van der Waals surface area (Å²) in [4.78, 5) is 22.3. The van der Waals surface area contributed by atoms with Gasteiger partial charge in [-0.15, -0.1) is 0 Å². The van der Waals surface area contributed by atoms with Gasteiger partial charge in [-0.25, -0.2) is 4.79 Å². The molecule has 1 saturated heterocycles. The third-order valence-corrected chi connectivity index (χ3v) is 2.59. The van der Waals surface area contributed by atoms with Crippen LogP contribution in [0.15, 0.2) is 0 Å². The van der Waals surface area contributed by atoms with Crippen LogP contribution in [0.25, 0.3) is 0 Å². The average molecular weight is 244 g/mol. The third kappa shape index (κ3) is 6.11. The highest BCUT2D eigenvalue weighted by atomic mass is 16.5. The summed E-state index contributed by atoms with van der Waals surface area (Å²) in [6.07, 6.45) is 1.94. The zero-order valence-electron chi connectivity index (χ0n) is 10.2. The van der Waals surface area contributed by atoms with Crippen molar-refractivity contribution in [1.29, 1.82) is 0 Å². The highest BCUT2D eigenvalue weighted by molar-refractivity contribution is 5.80. The molecule has 0 spiro atoms. The molecule has 6 nitrogen and oxygen atoms in total. The number of ether oxygens (including phenoxy) is 2. The van der Waals surface area contributed by atoms with Gasteiger partial charge in [0.1, 0.15) is 6.54 Å². The summed E-state index contributed by atoms with van der Waals surface area (Å²) < 4.78 is 9.91. The van der Waals surface area contributed by atoms with E-state index in [1.807, 2.05) is 0 Å². The number of nitrogens with one attached hydrogen (secondary N) is 2. The number of carbonyl (C=O) groups is 2. The fourth-order valence-corrected chi connectivity index (χ4v) is 1.61. The minimum atomic E-state index is -0.422. The van der Waals surface area contributed by atoms with E-state index in [-0.39, 0.29) is 12.6 Å². The lowest BCUT2D eigenvalue weighted by Gasteiger charge is -2.22. The molecule has 0 unspecified atom stereocenters. The van der Waals surface area contributed by atoms with Crippen molar-refractivity contribution in [1.82, 2.24) is 10.6 Å². The normalized spacial score (nSPS) is 16.3. The van der Waals surface area contributed by atoms with Gasteiger partial charge in [-0.1, -0.05) is 0 Å². The van der Waals surface area contributed by atoms with Gasteiger partial charge in [0.2, 0.25) is 0 Å². The number of esters is 1. The van der Waals surface area contributed by atoms with Crippen molar-refractivity contribution in [3.05, 3.63) is 0 Å². The number of hydrogen-bond acceptors (Lipinski definition) is 4. The molecule has 0 saturated carbocycles. The molecule has 1 rings (SSSR count). The predicted molar refractivity (Wildman–Crippen MR) is 61.6 cm³/mol. The molecule has 17 heavy (non-hydrogen) atoms. The van der Waals surface area contributed by atoms with Gasteiger partial charge in [-0.3, -0.25) is 4.79 Å². The van der Waals surface area contributed by atoms with Gasteiger partial charge in [0, 0.05) is 19.8 Å². The molecule has 0 aromatic rings. The Bertz CT molecular complexity index is 252. The lowest BCUT2D eigenvalue weighted by molar-refractivity contribution is -0.141. The monoisotopic (exact) mass is 244 g/mol. The fraction of sp³-hybridized carbons (Fsp3) is 0.818. The number of amides is 2. The van der Waals surface area contributed by atoms with E-state index in [9.17, 15) is 9.59 Å². The summed E-state index contributed by atoms with van der Waals surface area (Å²) in [6, 6.07) is -0.329. The van der Waals surface area contributed by atoms with Gasteiger partial charge < -0.3 is 20.1 Å². The van der Waals surface area contributed by atoms with Crippen LogP contribution in [0.2, 0.25) is 0 Å². The minimum Gasteiger partial charge on any atom is -0.465 e. The number of carbonyl (C=O) groups excluding carboxylic acids is 2. The molecular formula is C11H20N2O4. The highest BCUT2D eigenvalue weighted by Crippen LogP contribution is 2.12. The predicted octanol–water partition coefficient (Wildman–Crippen LogP) is 0.275. The first-order valence-corrected chi connectivity index (χ1v) is 5.97. The second-order valence-electron chi connectivity index (χ2n) is 3.92. The van der Waals surface area contributed by atoms with Crippen LogP contribution in [0.4, 0.5) is 4.79 Å². The molecule has 1 heterocycles. The Balaban J connectivity index is 2.06. The van der Waals surface area contributed by atoms with E-state index in [1.165, 1.54) is 0 Å². The molecule has 1 aliphatic rings. The van der Waals surface area contributed by atoms with Crippen molar-refractivity contribution in [2.75, 3.05) is 32.9 Å². The van der Waals surface area contributed by atoms with Crippen molar-refractivity contribution >= 4 is 12.0 Å². The first-order chi connectivity index (χ1) is 8.22. The van der Waals surface area contributed by atoms with Crippen LogP contribution in [-0.2, 0) is 14.3 Å². The molecule has 0 aromatic carbocycles. The van der Waals surface area contributed by atoms with Crippen LogP contribution >= 0.6 is 0 Å². The van der Waals surface area contributed by atoms with Gasteiger partial charge in [0.05, 0.1) is 6.61 Å². The molecule has 0 aromatic heterocycles. The fourth-order valence-electron chi connectivity index (χ4n) is 1.61. The van der Waals surface area contributed by atoms with Gasteiger partial charge >= 0.3 is 12.0 Å². The summed E-state index contributed by atoms with van der Waals surface area (Å²) in [5.41, 5.74) is 0. The van der Waals surface area contributed by atoms with Gasteiger partial charge in [0.15, 0.2) is 0 Å². The van der Waals surface area contributed by atoms with Gasteiger partial charge in [-0.05, 0) is 25.7 Å². The average Bonchev–Trinajstić information content (AvgIpc) is 2.35. The highest BCUT2D eigenvalue weighted by Gasteiger charge is 2.14. The summed E-state index contributed by atoms with van der Waals surface area (Å²) in [6.45, 7) is 4.10. The van der Waals surface area contributed by atoms with Gasteiger partial charge in [0.25, 0.3) is 0 Å². The van der Waals surface area contributed by atoms with E-state index in [2.05, 4.69) is 15.4 Å². The Kier molecular flexibility index (Phi) is 6.39. The number of urea groups is 1. The molecule has 6 heteroatoms. The third-order valence-electron chi connectivity index (χ3n) is 2.59. The maximum absolute atomic E-state index is 11.3. The van der Waals surface area contributed by atoms with Crippen LogP contribution < -0.4 is 10.6 Å². The summed E-state index contributed by atoms with van der Waals surface area (Å²) in [7, 11) is 0. The lowest BCUT2D eigenvalue weighted by atomic mass is 10.0.